The number of ether oxygens (including phenoxy) is 3. The molecule has 0 amide bonds. The van der Waals surface area contributed by atoms with E-state index in [4.69, 9.17) is 14.2 Å². The van der Waals surface area contributed by atoms with E-state index in [0.29, 0.717) is 11.3 Å². The van der Waals surface area contributed by atoms with Crippen LogP contribution in [0.25, 0.3) is 21.5 Å². The van der Waals surface area contributed by atoms with Gasteiger partial charge in [-0.15, -0.1) is 0 Å². The average molecular weight is 459 g/mol. The number of carbonyl (C=O) groups is 2. The van der Waals surface area contributed by atoms with Crippen LogP contribution in [0.3, 0.4) is 0 Å². The van der Waals surface area contributed by atoms with Gasteiger partial charge >= 0.3 is 11.9 Å². The monoisotopic (exact) mass is 458 g/mol. The molecule has 1 unspecified atom stereocenters. The normalized spacial score (nSPS) is 13.8. The van der Waals surface area contributed by atoms with E-state index in [1.807, 2.05) is 48.5 Å². The number of hydrogen-bond acceptors (Lipinski definition) is 5. The molecule has 174 valence electrons. The minimum absolute atomic E-state index is 0.379. The lowest BCUT2D eigenvalue weighted by Crippen LogP contribution is -2.38. The van der Waals surface area contributed by atoms with Crippen molar-refractivity contribution in [2.45, 2.75) is 25.4 Å². The fourth-order valence-electron chi connectivity index (χ4n) is 3.94. The zero-order valence-corrected chi connectivity index (χ0v) is 19.5. The number of carbonyl (C=O) groups excluding carboxylic acids is 1. The summed E-state index contributed by atoms with van der Waals surface area (Å²) in [7, 11) is 3.20. The number of aliphatic carboxylic acids is 1. The maximum Gasteiger partial charge on any atom is 0.352 e. The third-order valence-corrected chi connectivity index (χ3v) is 6.24. The Morgan fingerprint density at radius 3 is 1.82 bits per heavy atom. The van der Waals surface area contributed by atoms with Crippen LogP contribution in [0.2, 0.25) is 0 Å². The van der Waals surface area contributed by atoms with E-state index in [9.17, 15) is 14.7 Å². The molecule has 4 rings (SSSR count). The molecule has 2 atom stereocenters. The minimum Gasteiger partial charge on any atom is -0.497 e. The van der Waals surface area contributed by atoms with Crippen molar-refractivity contribution < 1.29 is 28.9 Å². The van der Waals surface area contributed by atoms with Gasteiger partial charge in [-0.2, -0.15) is 0 Å². The van der Waals surface area contributed by atoms with Gasteiger partial charge in [0.1, 0.15) is 11.5 Å². The third kappa shape index (κ3) is 4.27. The number of esters is 1. The molecule has 0 fully saturated rings. The molecule has 0 aliphatic rings. The fraction of sp³-hybridized carbons (Fsp3) is 0.214. The Balaban J connectivity index is 1.62. The van der Waals surface area contributed by atoms with Crippen LogP contribution < -0.4 is 9.47 Å². The number of benzene rings is 4. The van der Waals surface area contributed by atoms with Crippen molar-refractivity contribution in [1.82, 2.24) is 0 Å². The maximum absolute atomic E-state index is 13.1. The van der Waals surface area contributed by atoms with Crippen LogP contribution in [0.15, 0.2) is 72.8 Å². The fourth-order valence-corrected chi connectivity index (χ4v) is 3.94. The van der Waals surface area contributed by atoms with Crippen LogP contribution >= 0.6 is 0 Å². The Morgan fingerprint density at radius 1 is 0.765 bits per heavy atom. The molecule has 0 saturated heterocycles. The van der Waals surface area contributed by atoms with Gasteiger partial charge in [0, 0.05) is 5.56 Å². The summed E-state index contributed by atoms with van der Waals surface area (Å²) in [6.07, 6.45) is 0. The number of carboxylic acids is 1. The molecular formula is C28H26O6. The Hall–Kier alpha value is -4.06. The largest absolute Gasteiger partial charge is 0.497 e. The van der Waals surface area contributed by atoms with E-state index in [-0.39, 0.29) is 0 Å². The van der Waals surface area contributed by atoms with E-state index in [1.165, 1.54) is 6.92 Å². The summed E-state index contributed by atoms with van der Waals surface area (Å²) in [5, 5.41) is 13.7. The summed E-state index contributed by atoms with van der Waals surface area (Å²) in [4.78, 5) is 25.4. The number of hydrogen-bond donors (Lipinski definition) is 1. The van der Waals surface area contributed by atoms with Gasteiger partial charge in [-0.3, -0.25) is 4.79 Å². The predicted octanol–water partition coefficient (Wildman–Crippen LogP) is 5.66. The highest BCUT2D eigenvalue weighted by Crippen LogP contribution is 2.33. The second-order valence-corrected chi connectivity index (χ2v) is 8.38. The maximum atomic E-state index is 13.1. The van der Waals surface area contributed by atoms with Gasteiger partial charge in [-0.05, 0) is 71.3 Å². The van der Waals surface area contributed by atoms with Gasteiger partial charge in [0.25, 0.3) is 0 Å². The molecule has 0 aromatic heterocycles. The van der Waals surface area contributed by atoms with Crippen molar-refractivity contribution in [2.24, 2.45) is 0 Å². The summed E-state index contributed by atoms with van der Waals surface area (Å²) in [5.74, 6) is -1.07. The highest BCUT2D eigenvalue weighted by Gasteiger charge is 2.41. The average Bonchev–Trinajstić information content (AvgIpc) is 2.86. The summed E-state index contributed by atoms with van der Waals surface area (Å²) >= 11 is 0. The molecule has 4 aromatic rings. The quantitative estimate of drug-likeness (QED) is 0.360. The second kappa shape index (κ2) is 9.06. The lowest BCUT2D eigenvalue weighted by atomic mass is 9.92. The summed E-state index contributed by atoms with van der Waals surface area (Å²) in [6, 6.07) is 22.0. The Bertz CT molecular complexity index is 1390. The number of carboxylic acid groups (broad SMARTS) is 1. The van der Waals surface area contributed by atoms with E-state index in [1.54, 1.807) is 45.4 Å². The molecule has 4 aromatic carbocycles. The first-order valence-corrected chi connectivity index (χ1v) is 10.9. The van der Waals surface area contributed by atoms with E-state index >= 15 is 0 Å². The van der Waals surface area contributed by atoms with Crippen LogP contribution in [0, 0.1) is 0 Å². The highest BCUT2D eigenvalue weighted by atomic mass is 16.6. The van der Waals surface area contributed by atoms with E-state index in [2.05, 4.69) is 0 Å². The minimum atomic E-state index is -1.84. The standard InChI is InChI=1S/C28H26O6/c1-17(18-5-6-21-15-24(32-3)11-8-19(21)13-18)26(29)34-28(2,27(30)31)23-10-7-22-16-25(33-4)12-9-20(22)14-23/h5-17H,1-4H3,(H,30,31)/t17-,28?/m0/s1. The molecule has 6 nitrogen and oxygen atoms in total. The highest BCUT2D eigenvalue weighted by molar-refractivity contribution is 5.90. The van der Waals surface area contributed by atoms with Gasteiger partial charge in [0.05, 0.1) is 20.1 Å². The van der Waals surface area contributed by atoms with Crippen molar-refractivity contribution in [3.63, 3.8) is 0 Å². The van der Waals surface area contributed by atoms with Crippen LogP contribution in [0.4, 0.5) is 0 Å². The van der Waals surface area contributed by atoms with Crippen molar-refractivity contribution in [1.29, 1.82) is 0 Å². The van der Waals surface area contributed by atoms with Crippen molar-refractivity contribution in [2.75, 3.05) is 14.2 Å². The summed E-state index contributed by atoms with van der Waals surface area (Å²) < 4.78 is 16.2. The molecule has 0 saturated carbocycles. The number of fused-ring (bicyclic) bond motifs is 2. The lowest BCUT2D eigenvalue weighted by molar-refractivity contribution is -0.179. The molecule has 0 aliphatic heterocycles. The van der Waals surface area contributed by atoms with Crippen LogP contribution in [0.5, 0.6) is 11.5 Å². The second-order valence-electron chi connectivity index (χ2n) is 8.38. The molecule has 0 aliphatic carbocycles. The third-order valence-electron chi connectivity index (χ3n) is 6.24. The van der Waals surface area contributed by atoms with E-state index < -0.39 is 23.5 Å². The van der Waals surface area contributed by atoms with Gasteiger partial charge in [0.2, 0.25) is 5.60 Å². The van der Waals surface area contributed by atoms with Gasteiger partial charge < -0.3 is 19.3 Å². The Kier molecular flexibility index (Phi) is 6.16. The Labute approximate surface area is 197 Å². The Morgan fingerprint density at radius 2 is 1.26 bits per heavy atom. The lowest BCUT2D eigenvalue weighted by Gasteiger charge is -2.27. The molecule has 0 bridgehead atoms. The van der Waals surface area contributed by atoms with Gasteiger partial charge in [0.15, 0.2) is 0 Å². The summed E-state index contributed by atoms with van der Waals surface area (Å²) in [5.41, 5.74) is -0.728. The van der Waals surface area contributed by atoms with Gasteiger partial charge in [-0.25, -0.2) is 4.79 Å². The SMILES string of the molecule is COc1ccc2cc([C@H](C)C(=O)OC(C)(C(=O)O)c3ccc4cc(OC)ccc4c3)ccc2c1. The predicted molar refractivity (Wildman–Crippen MR) is 130 cm³/mol. The van der Waals surface area contributed by atoms with Crippen molar-refractivity contribution >= 4 is 33.5 Å². The van der Waals surface area contributed by atoms with Crippen molar-refractivity contribution in [3.8, 4) is 11.5 Å². The molecule has 0 spiro atoms. The smallest absolute Gasteiger partial charge is 0.352 e. The molecule has 34 heavy (non-hydrogen) atoms. The molecule has 0 radical (unpaired) electrons. The molecular weight excluding hydrogens is 432 g/mol. The molecule has 0 heterocycles. The zero-order chi connectivity index (χ0) is 24.5. The van der Waals surface area contributed by atoms with Crippen LogP contribution in [-0.4, -0.2) is 31.3 Å². The van der Waals surface area contributed by atoms with Gasteiger partial charge in [-0.1, -0.05) is 42.5 Å². The molecule has 1 N–H and O–H groups in total. The topological polar surface area (TPSA) is 82.1 Å². The number of methoxy groups -OCH3 is 2. The van der Waals surface area contributed by atoms with Crippen LogP contribution in [0.1, 0.15) is 30.9 Å². The first kappa shape index (κ1) is 23.1. The molecule has 6 heteroatoms. The summed E-state index contributed by atoms with van der Waals surface area (Å²) in [6.45, 7) is 3.11. The van der Waals surface area contributed by atoms with Crippen molar-refractivity contribution in [3.05, 3.63) is 83.9 Å². The number of rotatable bonds is 7. The van der Waals surface area contributed by atoms with Crippen LogP contribution in [-0.2, 0) is 19.9 Å². The van der Waals surface area contributed by atoms with E-state index in [0.717, 1.165) is 32.9 Å². The first-order valence-electron chi connectivity index (χ1n) is 10.9. The first-order chi connectivity index (χ1) is 16.2. The zero-order valence-electron chi connectivity index (χ0n) is 19.5.